The Morgan fingerprint density at radius 2 is 1.83 bits per heavy atom. The first-order valence-electron chi connectivity index (χ1n) is 7.09. The molecule has 2 heteroatoms. The third kappa shape index (κ3) is 2.60. The largest absolute Gasteiger partial charge is 0.373 e. The van der Waals surface area contributed by atoms with Gasteiger partial charge in [0.25, 0.3) is 0 Å². The van der Waals surface area contributed by atoms with E-state index >= 15 is 0 Å². The molecule has 0 heterocycles. The van der Waals surface area contributed by atoms with Crippen LogP contribution >= 0.6 is 0 Å². The number of likely N-dealkylation sites (N-methyl/N-ethyl adjacent to an activating group) is 1. The van der Waals surface area contributed by atoms with Crippen LogP contribution in [0.5, 0.6) is 0 Å². The minimum absolute atomic E-state index is 0.00123. The molecular formula is C16H25NO. The minimum atomic E-state index is -0.00123. The summed E-state index contributed by atoms with van der Waals surface area (Å²) in [6.45, 7) is 5.03. The van der Waals surface area contributed by atoms with Gasteiger partial charge in [0.15, 0.2) is 0 Å². The molecule has 1 unspecified atom stereocenters. The van der Waals surface area contributed by atoms with Crippen LogP contribution in [0.2, 0.25) is 0 Å². The fourth-order valence-corrected chi connectivity index (χ4v) is 3.27. The van der Waals surface area contributed by atoms with Gasteiger partial charge in [-0.3, -0.25) is 0 Å². The van der Waals surface area contributed by atoms with Crippen molar-refractivity contribution in [3.63, 3.8) is 0 Å². The highest BCUT2D eigenvalue weighted by molar-refractivity contribution is 5.27. The summed E-state index contributed by atoms with van der Waals surface area (Å²) in [7, 11) is 2.05. The summed E-state index contributed by atoms with van der Waals surface area (Å²) < 4.78 is 6.17. The molecule has 1 aliphatic rings. The van der Waals surface area contributed by atoms with E-state index in [9.17, 15) is 0 Å². The molecule has 0 bridgehead atoms. The van der Waals surface area contributed by atoms with Gasteiger partial charge in [-0.1, -0.05) is 42.7 Å². The summed E-state index contributed by atoms with van der Waals surface area (Å²) in [5, 5.41) is 3.48. The monoisotopic (exact) mass is 247 g/mol. The van der Waals surface area contributed by atoms with Gasteiger partial charge in [-0.15, -0.1) is 0 Å². The molecule has 1 fully saturated rings. The van der Waals surface area contributed by atoms with Crippen molar-refractivity contribution in [2.75, 3.05) is 13.7 Å². The Morgan fingerprint density at radius 3 is 2.33 bits per heavy atom. The Morgan fingerprint density at radius 1 is 1.22 bits per heavy atom. The normalized spacial score (nSPS) is 19.9. The van der Waals surface area contributed by atoms with Gasteiger partial charge in [-0.05, 0) is 39.3 Å². The van der Waals surface area contributed by atoms with Gasteiger partial charge in [0.1, 0.15) is 0 Å². The SMILES string of the molecule is CCOC1(C(NC)c2ccc(C)cc2)CCCC1. The van der Waals surface area contributed by atoms with Crippen molar-refractivity contribution in [3.8, 4) is 0 Å². The fourth-order valence-electron chi connectivity index (χ4n) is 3.27. The second-order valence-electron chi connectivity index (χ2n) is 5.34. The van der Waals surface area contributed by atoms with E-state index in [0.717, 1.165) is 6.61 Å². The Kier molecular flexibility index (Phi) is 4.41. The van der Waals surface area contributed by atoms with Crippen LogP contribution in [0.4, 0.5) is 0 Å². The molecule has 1 atom stereocenters. The van der Waals surface area contributed by atoms with E-state index in [0.29, 0.717) is 6.04 Å². The zero-order chi connectivity index (χ0) is 13.0. The van der Waals surface area contributed by atoms with Crippen molar-refractivity contribution >= 4 is 0 Å². The third-order valence-corrected chi connectivity index (χ3v) is 4.11. The maximum Gasteiger partial charge on any atom is 0.0876 e. The van der Waals surface area contributed by atoms with Crippen LogP contribution in [0, 0.1) is 6.92 Å². The van der Waals surface area contributed by atoms with Crippen LogP contribution in [-0.4, -0.2) is 19.3 Å². The van der Waals surface area contributed by atoms with Gasteiger partial charge < -0.3 is 10.1 Å². The van der Waals surface area contributed by atoms with Crippen molar-refractivity contribution in [1.82, 2.24) is 5.32 Å². The van der Waals surface area contributed by atoms with E-state index in [1.807, 2.05) is 7.05 Å². The molecule has 0 aromatic heterocycles. The molecular weight excluding hydrogens is 222 g/mol. The molecule has 0 spiro atoms. The highest BCUT2D eigenvalue weighted by Crippen LogP contribution is 2.42. The number of hydrogen-bond acceptors (Lipinski definition) is 2. The Labute approximate surface area is 111 Å². The maximum absolute atomic E-state index is 6.17. The number of aryl methyl sites for hydroxylation is 1. The van der Waals surface area contributed by atoms with E-state index < -0.39 is 0 Å². The summed E-state index contributed by atoms with van der Waals surface area (Å²) in [4.78, 5) is 0. The van der Waals surface area contributed by atoms with Crippen LogP contribution in [0.1, 0.15) is 49.8 Å². The second kappa shape index (κ2) is 5.85. The van der Waals surface area contributed by atoms with Crippen molar-refractivity contribution < 1.29 is 4.74 Å². The number of hydrogen-bond donors (Lipinski definition) is 1. The van der Waals surface area contributed by atoms with Gasteiger partial charge in [-0.2, -0.15) is 0 Å². The zero-order valence-corrected chi connectivity index (χ0v) is 11.8. The average molecular weight is 247 g/mol. The summed E-state index contributed by atoms with van der Waals surface area (Å²) in [6, 6.07) is 9.15. The molecule has 1 aliphatic carbocycles. The Bertz CT molecular complexity index is 365. The molecule has 1 aromatic carbocycles. The van der Waals surface area contributed by atoms with E-state index in [-0.39, 0.29) is 5.60 Å². The van der Waals surface area contributed by atoms with Crippen molar-refractivity contribution in [2.24, 2.45) is 0 Å². The highest BCUT2D eigenvalue weighted by atomic mass is 16.5. The second-order valence-corrected chi connectivity index (χ2v) is 5.34. The van der Waals surface area contributed by atoms with Gasteiger partial charge in [0, 0.05) is 6.61 Å². The van der Waals surface area contributed by atoms with Crippen molar-refractivity contribution in [2.45, 2.75) is 51.2 Å². The quantitative estimate of drug-likeness (QED) is 0.858. The molecule has 18 heavy (non-hydrogen) atoms. The van der Waals surface area contributed by atoms with Crippen LogP contribution in [0.15, 0.2) is 24.3 Å². The van der Waals surface area contributed by atoms with Crippen molar-refractivity contribution in [3.05, 3.63) is 35.4 Å². The summed E-state index contributed by atoms with van der Waals surface area (Å²) in [5.41, 5.74) is 2.66. The highest BCUT2D eigenvalue weighted by Gasteiger charge is 2.42. The van der Waals surface area contributed by atoms with Crippen LogP contribution in [0.3, 0.4) is 0 Å². The molecule has 2 rings (SSSR count). The fraction of sp³-hybridized carbons (Fsp3) is 0.625. The molecule has 1 aromatic rings. The zero-order valence-electron chi connectivity index (χ0n) is 11.8. The minimum Gasteiger partial charge on any atom is -0.373 e. The van der Waals surface area contributed by atoms with Gasteiger partial charge in [0.05, 0.1) is 11.6 Å². The summed E-state index contributed by atoms with van der Waals surface area (Å²) in [6.07, 6.45) is 4.90. The molecule has 0 saturated heterocycles. The first kappa shape index (κ1) is 13.6. The predicted molar refractivity (Wildman–Crippen MR) is 75.8 cm³/mol. The number of rotatable bonds is 5. The average Bonchev–Trinajstić information content (AvgIpc) is 2.82. The first-order valence-corrected chi connectivity index (χ1v) is 7.09. The van der Waals surface area contributed by atoms with Gasteiger partial charge in [0.2, 0.25) is 0 Å². The lowest BCUT2D eigenvalue weighted by Gasteiger charge is -2.37. The van der Waals surface area contributed by atoms with Crippen LogP contribution < -0.4 is 5.32 Å². The number of benzene rings is 1. The lowest BCUT2D eigenvalue weighted by atomic mass is 9.86. The van der Waals surface area contributed by atoms with Crippen LogP contribution in [-0.2, 0) is 4.74 Å². The maximum atomic E-state index is 6.17. The van der Waals surface area contributed by atoms with E-state index in [1.165, 1.54) is 36.8 Å². The van der Waals surface area contributed by atoms with Crippen molar-refractivity contribution in [1.29, 1.82) is 0 Å². The molecule has 0 aliphatic heterocycles. The Balaban J connectivity index is 2.27. The standard InChI is InChI=1S/C16H25NO/c1-4-18-16(11-5-6-12-16)15(17-3)14-9-7-13(2)8-10-14/h7-10,15,17H,4-6,11-12H2,1-3H3. The Hall–Kier alpha value is -0.860. The van der Waals surface area contributed by atoms with E-state index in [2.05, 4.69) is 43.4 Å². The van der Waals surface area contributed by atoms with Crippen LogP contribution in [0.25, 0.3) is 0 Å². The smallest absolute Gasteiger partial charge is 0.0876 e. The summed E-state index contributed by atoms with van der Waals surface area (Å²) >= 11 is 0. The van der Waals surface area contributed by atoms with E-state index in [1.54, 1.807) is 0 Å². The topological polar surface area (TPSA) is 21.3 Å². The van der Waals surface area contributed by atoms with E-state index in [4.69, 9.17) is 4.74 Å². The number of ether oxygens (including phenoxy) is 1. The predicted octanol–water partition coefficient (Wildman–Crippen LogP) is 3.60. The molecule has 100 valence electrons. The molecule has 1 saturated carbocycles. The van der Waals surface area contributed by atoms with Gasteiger partial charge >= 0.3 is 0 Å². The lowest BCUT2D eigenvalue weighted by molar-refractivity contribution is -0.0610. The molecule has 1 N–H and O–H groups in total. The first-order chi connectivity index (χ1) is 8.72. The lowest BCUT2D eigenvalue weighted by Crippen LogP contribution is -2.43. The third-order valence-electron chi connectivity index (χ3n) is 4.11. The molecule has 0 radical (unpaired) electrons. The summed E-state index contributed by atoms with van der Waals surface area (Å²) in [5.74, 6) is 0. The molecule has 0 amide bonds. The molecule has 2 nitrogen and oxygen atoms in total. The number of nitrogens with one attached hydrogen (secondary N) is 1. The van der Waals surface area contributed by atoms with Gasteiger partial charge in [-0.25, -0.2) is 0 Å².